The van der Waals surface area contributed by atoms with Gasteiger partial charge in [0, 0.05) is 25.7 Å². The van der Waals surface area contributed by atoms with Crippen molar-refractivity contribution >= 4 is 0 Å². The topological polar surface area (TPSA) is 0 Å². The number of hydrogen-bond donors (Lipinski definition) is 0. The molecule has 0 N–H and O–H groups in total. The van der Waals surface area contributed by atoms with Crippen LogP contribution in [0.25, 0.3) is 0 Å². The number of unbranched alkanes of at least 4 members (excludes halogenated alkanes) is 3. The van der Waals surface area contributed by atoms with Crippen LogP contribution in [0.1, 0.15) is 89.9 Å². The van der Waals surface area contributed by atoms with Gasteiger partial charge >= 0.3 is 0 Å². The highest BCUT2D eigenvalue weighted by molar-refractivity contribution is 4.82. The molecule has 6 atom stereocenters. The average Bonchev–Trinajstić information content (AvgIpc) is 2.89. The molecule has 2 unspecified atom stereocenters. The lowest BCUT2D eigenvalue weighted by atomic mass is 9.98. The summed E-state index contributed by atoms with van der Waals surface area (Å²) in [6.45, 7) is 2.96. The van der Waals surface area contributed by atoms with Gasteiger partial charge in [0.05, 0.1) is 51.4 Å². The van der Waals surface area contributed by atoms with Gasteiger partial charge in [-0.3, -0.25) is 0 Å². The lowest BCUT2D eigenvalue weighted by molar-refractivity contribution is -0.949. The molecule has 4 bridgehead atoms. The van der Waals surface area contributed by atoms with Crippen molar-refractivity contribution in [3.63, 3.8) is 0 Å². The Labute approximate surface area is 150 Å². The summed E-state index contributed by atoms with van der Waals surface area (Å²) < 4.78 is 2.91. The van der Waals surface area contributed by atoms with Crippen molar-refractivity contribution in [1.29, 1.82) is 0 Å². The number of quaternary nitrogens is 2. The van der Waals surface area contributed by atoms with Gasteiger partial charge in [-0.15, -0.1) is 0 Å². The highest BCUT2D eigenvalue weighted by Crippen LogP contribution is 2.42. The van der Waals surface area contributed by atoms with E-state index >= 15 is 0 Å². The smallest absolute Gasteiger partial charge is 0.0892 e. The lowest BCUT2D eigenvalue weighted by Gasteiger charge is -2.45. The van der Waals surface area contributed by atoms with Crippen LogP contribution in [0.3, 0.4) is 0 Å². The molecule has 0 radical (unpaired) electrons. The average molecular weight is 335 g/mol. The fourth-order valence-electron chi connectivity index (χ4n) is 7.47. The summed E-state index contributed by atoms with van der Waals surface area (Å²) in [6.07, 6.45) is 21.2. The van der Waals surface area contributed by atoms with Gasteiger partial charge in [-0.25, -0.2) is 0 Å². The second-order valence-electron chi connectivity index (χ2n) is 10.2. The predicted molar refractivity (Wildman–Crippen MR) is 102 cm³/mol. The largest absolute Gasteiger partial charge is 0.321 e. The Bertz CT molecular complexity index is 360. The van der Waals surface area contributed by atoms with Gasteiger partial charge in [-0.05, 0) is 64.2 Å². The number of piperidine rings is 2. The molecule has 0 spiro atoms. The SMILES string of the molecule is C[N+]1(CCCCCC[N+]2(C)[C@@H]3CCC[C@H]2CC3)[C@@H]2CCC[C@H]1CC2. The van der Waals surface area contributed by atoms with Crippen LogP contribution in [0.2, 0.25) is 0 Å². The van der Waals surface area contributed by atoms with Crippen molar-refractivity contribution in [1.82, 2.24) is 0 Å². The van der Waals surface area contributed by atoms with Crippen molar-refractivity contribution in [2.45, 2.75) is 114 Å². The molecule has 0 aromatic rings. The predicted octanol–water partition coefficient (Wildman–Crippen LogP) is 4.87. The van der Waals surface area contributed by atoms with Crippen LogP contribution in [-0.4, -0.2) is 60.3 Å². The zero-order valence-electron chi connectivity index (χ0n) is 16.5. The minimum atomic E-state index is 1.03. The maximum atomic E-state index is 2.60. The molecule has 0 aliphatic carbocycles. The van der Waals surface area contributed by atoms with E-state index in [0.29, 0.717) is 0 Å². The monoisotopic (exact) mass is 334 g/mol. The first kappa shape index (κ1) is 17.3. The zero-order chi connectivity index (χ0) is 16.6. The van der Waals surface area contributed by atoms with Gasteiger partial charge in [-0.2, -0.15) is 0 Å². The first-order valence-electron chi connectivity index (χ1n) is 11.3. The Kier molecular flexibility index (Phi) is 4.99. The lowest BCUT2D eigenvalue weighted by Crippen LogP contribution is -2.56. The Morgan fingerprint density at radius 3 is 1.17 bits per heavy atom. The number of rotatable bonds is 7. The van der Waals surface area contributed by atoms with Crippen LogP contribution in [0.4, 0.5) is 0 Å². The third kappa shape index (κ3) is 2.96. The molecule has 4 heterocycles. The van der Waals surface area contributed by atoms with Crippen molar-refractivity contribution in [2.24, 2.45) is 0 Å². The van der Waals surface area contributed by atoms with Gasteiger partial charge in [0.2, 0.25) is 0 Å². The van der Waals surface area contributed by atoms with Gasteiger partial charge in [0.25, 0.3) is 0 Å². The van der Waals surface area contributed by atoms with Crippen molar-refractivity contribution in [3.05, 3.63) is 0 Å². The molecular formula is C22H42N2+2. The van der Waals surface area contributed by atoms with Gasteiger partial charge < -0.3 is 8.97 Å². The fraction of sp³-hybridized carbons (Fsp3) is 1.00. The fourth-order valence-corrected chi connectivity index (χ4v) is 7.47. The van der Waals surface area contributed by atoms with Gasteiger partial charge in [0.1, 0.15) is 0 Å². The molecule has 4 saturated heterocycles. The summed E-state index contributed by atoms with van der Waals surface area (Å²) in [4.78, 5) is 0. The molecule has 0 saturated carbocycles. The minimum absolute atomic E-state index is 1.03. The molecular weight excluding hydrogens is 292 g/mol. The highest BCUT2D eigenvalue weighted by Gasteiger charge is 2.48. The van der Waals surface area contributed by atoms with E-state index in [9.17, 15) is 0 Å². The van der Waals surface area contributed by atoms with Crippen LogP contribution in [0.15, 0.2) is 0 Å². The Morgan fingerprint density at radius 2 is 0.833 bits per heavy atom. The summed E-state index contributed by atoms with van der Waals surface area (Å²) in [7, 11) is 5.19. The van der Waals surface area contributed by atoms with Crippen molar-refractivity contribution < 1.29 is 8.97 Å². The summed E-state index contributed by atoms with van der Waals surface area (Å²) in [5, 5.41) is 0. The standard InChI is InChI=1S/C22H42N2/c1-23(19-9-7-10-20(23)14-13-19)17-5-3-4-6-18-24(2)21-11-8-12-22(24)16-15-21/h19-22H,3-18H2,1-2H3/q+2/t19-,20+,21-,22+,23?,24?. The Morgan fingerprint density at radius 1 is 0.500 bits per heavy atom. The van der Waals surface area contributed by atoms with Gasteiger partial charge in [0.15, 0.2) is 0 Å². The molecule has 24 heavy (non-hydrogen) atoms. The minimum Gasteiger partial charge on any atom is -0.321 e. The molecule has 2 heteroatoms. The summed E-state index contributed by atoms with van der Waals surface area (Å²) >= 11 is 0. The Balaban J connectivity index is 1.17. The second kappa shape index (κ2) is 6.91. The van der Waals surface area contributed by atoms with E-state index in [1.54, 1.807) is 0 Å². The second-order valence-corrected chi connectivity index (χ2v) is 10.2. The first-order chi connectivity index (χ1) is 11.6. The molecule has 2 nitrogen and oxygen atoms in total. The number of hydrogen-bond acceptors (Lipinski definition) is 0. The van der Waals surface area contributed by atoms with E-state index in [1.165, 1.54) is 112 Å². The quantitative estimate of drug-likeness (QED) is 0.460. The van der Waals surface area contributed by atoms with E-state index in [2.05, 4.69) is 14.1 Å². The Hall–Kier alpha value is -0.0800. The maximum absolute atomic E-state index is 2.60. The van der Waals surface area contributed by atoms with E-state index in [-0.39, 0.29) is 0 Å². The van der Waals surface area contributed by atoms with Crippen LogP contribution in [0.5, 0.6) is 0 Å². The first-order valence-corrected chi connectivity index (χ1v) is 11.3. The zero-order valence-corrected chi connectivity index (χ0v) is 16.5. The van der Waals surface area contributed by atoms with Crippen molar-refractivity contribution in [2.75, 3.05) is 27.2 Å². The van der Waals surface area contributed by atoms with Crippen molar-refractivity contribution in [3.8, 4) is 0 Å². The van der Waals surface area contributed by atoms with E-state index in [1.807, 2.05) is 0 Å². The number of fused-ring (bicyclic) bond motifs is 4. The van der Waals surface area contributed by atoms with Crippen LogP contribution in [0, 0.1) is 0 Å². The molecule has 0 aromatic heterocycles. The molecule has 0 aromatic carbocycles. The third-order valence-corrected chi connectivity index (χ3v) is 9.18. The molecule has 4 fully saturated rings. The number of nitrogens with zero attached hydrogens (tertiary/aromatic N) is 2. The molecule has 0 amide bonds. The third-order valence-electron chi connectivity index (χ3n) is 9.18. The summed E-state index contributed by atoms with van der Waals surface area (Å²) in [6, 6.07) is 4.10. The molecule has 4 aliphatic heterocycles. The molecule has 4 rings (SSSR count). The normalized spacial score (nSPS) is 47.2. The molecule has 4 aliphatic rings. The van der Waals surface area contributed by atoms with Crippen LogP contribution >= 0.6 is 0 Å². The molecule has 138 valence electrons. The van der Waals surface area contributed by atoms with E-state index in [0.717, 1.165) is 24.2 Å². The van der Waals surface area contributed by atoms with Crippen LogP contribution in [-0.2, 0) is 0 Å². The highest BCUT2D eigenvalue weighted by atomic mass is 15.4. The van der Waals surface area contributed by atoms with E-state index < -0.39 is 0 Å². The van der Waals surface area contributed by atoms with Gasteiger partial charge in [-0.1, -0.05) is 0 Å². The summed E-state index contributed by atoms with van der Waals surface area (Å²) in [5.74, 6) is 0. The van der Waals surface area contributed by atoms with Crippen LogP contribution < -0.4 is 0 Å². The maximum Gasteiger partial charge on any atom is 0.0892 e. The summed E-state index contributed by atoms with van der Waals surface area (Å²) in [5.41, 5.74) is 0. The van der Waals surface area contributed by atoms with E-state index in [4.69, 9.17) is 0 Å².